The molecule has 0 unspecified atom stereocenters. The zero-order valence-corrected chi connectivity index (χ0v) is 19.0. The van der Waals surface area contributed by atoms with Crippen LogP contribution in [0.5, 0.6) is 0 Å². The van der Waals surface area contributed by atoms with Crippen LogP contribution in [-0.2, 0) is 32.5 Å². The van der Waals surface area contributed by atoms with Crippen molar-refractivity contribution in [1.29, 1.82) is 0 Å². The van der Waals surface area contributed by atoms with E-state index in [2.05, 4.69) is 15.0 Å². The van der Waals surface area contributed by atoms with E-state index < -0.39 is 50.9 Å². The van der Waals surface area contributed by atoms with Crippen molar-refractivity contribution in [2.75, 3.05) is 12.3 Å². The average Bonchev–Trinajstić information content (AvgIpc) is 3.29. The van der Waals surface area contributed by atoms with Gasteiger partial charge < -0.3 is 29.7 Å². The van der Waals surface area contributed by atoms with E-state index in [9.17, 15) is 24.4 Å². The van der Waals surface area contributed by atoms with E-state index in [4.69, 9.17) is 24.0 Å². The Hall–Kier alpha value is -2.64. The van der Waals surface area contributed by atoms with E-state index in [1.165, 1.54) is 17.2 Å². The van der Waals surface area contributed by atoms with Gasteiger partial charge in [-0.2, -0.15) is 0 Å². The monoisotopic (exact) mass is 487 g/mol. The number of phosphoric acid groups is 1. The molecule has 33 heavy (non-hydrogen) atoms. The van der Waals surface area contributed by atoms with Gasteiger partial charge in [0.2, 0.25) is 0 Å². The third kappa shape index (κ3) is 5.65. The number of hydrogen-bond acceptors (Lipinski definition) is 13. The molecule has 3 heterocycles. The summed E-state index contributed by atoms with van der Waals surface area (Å²) in [5.41, 5.74) is 6.29. The van der Waals surface area contributed by atoms with E-state index in [-0.39, 0.29) is 29.8 Å². The summed E-state index contributed by atoms with van der Waals surface area (Å²) in [4.78, 5) is 35.7. The van der Waals surface area contributed by atoms with Crippen molar-refractivity contribution < 1.29 is 42.7 Å². The van der Waals surface area contributed by atoms with E-state index in [1.54, 1.807) is 13.8 Å². The van der Waals surface area contributed by atoms with Crippen molar-refractivity contribution in [2.45, 2.75) is 64.1 Å². The number of carbonyl (C=O) groups is 2. The van der Waals surface area contributed by atoms with Crippen LogP contribution >= 0.6 is 7.82 Å². The van der Waals surface area contributed by atoms with Gasteiger partial charge in [0.05, 0.1) is 12.9 Å². The molecule has 0 radical (unpaired) electrons. The van der Waals surface area contributed by atoms with Crippen molar-refractivity contribution in [1.82, 2.24) is 19.5 Å². The first-order chi connectivity index (χ1) is 15.7. The third-order valence-electron chi connectivity index (χ3n) is 4.73. The number of phosphoric ester groups is 1. The third-order valence-corrected chi connectivity index (χ3v) is 6.05. The Bertz CT molecular complexity index is 1020. The van der Waals surface area contributed by atoms with Gasteiger partial charge in [-0.1, -0.05) is 13.8 Å². The van der Waals surface area contributed by atoms with Crippen molar-refractivity contribution >= 4 is 36.7 Å². The van der Waals surface area contributed by atoms with Crippen molar-refractivity contribution in [3.8, 4) is 0 Å². The summed E-state index contributed by atoms with van der Waals surface area (Å²) in [5.74, 6) is -1.63. The van der Waals surface area contributed by atoms with Gasteiger partial charge in [0.15, 0.2) is 17.7 Å². The van der Waals surface area contributed by atoms with Gasteiger partial charge in [0.25, 0.3) is 0 Å². The lowest BCUT2D eigenvalue weighted by atomic mass is 10.1. The maximum atomic E-state index is 12.9. The highest BCUT2D eigenvalue weighted by Crippen LogP contribution is 2.51. The lowest BCUT2D eigenvalue weighted by Gasteiger charge is -2.20. The highest BCUT2D eigenvalue weighted by molar-refractivity contribution is 7.49. The average molecular weight is 487 g/mol. The molecule has 0 aromatic carbocycles. The molecule has 0 amide bonds. The summed E-state index contributed by atoms with van der Waals surface area (Å²) in [5, 5.41) is 20.9. The second kappa shape index (κ2) is 10.5. The van der Waals surface area contributed by atoms with Gasteiger partial charge in [-0.3, -0.25) is 18.7 Å². The number of carbonyl (C=O) groups excluding carboxylic acids is 2. The summed E-state index contributed by atoms with van der Waals surface area (Å²) in [6.07, 6.45) is -2.10. The molecule has 1 aliphatic rings. The van der Waals surface area contributed by atoms with Crippen LogP contribution in [0.25, 0.3) is 11.2 Å². The molecule has 4 N–H and O–H groups in total. The summed E-state index contributed by atoms with van der Waals surface area (Å²) in [7, 11) is -4.64. The molecule has 15 heteroatoms. The number of rotatable bonds is 10. The Balaban J connectivity index is 1.74. The smallest absolute Gasteiger partial charge is 0.387 e. The van der Waals surface area contributed by atoms with Gasteiger partial charge in [-0.25, -0.2) is 19.5 Å². The fourth-order valence-electron chi connectivity index (χ4n) is 3.14. The largest absolute Gasteiger partial charge is 0.592 e. The van der Waals surface area contributed by atoms with Gasteiger partial charge in [-0.05, 0) is 12.8 Å². The maximum Gasteiger partial charge on any atom is 0.592 e. The molecule has 0 saturated carbocycles. The van der Waals surface area contributed by atoms with Crippen LogP contribution in [0.1, 0.15) is 45.8 Å². The van der Waals surface area contributed by atoms with Crippen LogP contribution < -0.4 is 5.73 Å². The number of aliphatic hydroxyl groups is 2. The minimum atomic E-state index is -4.64. The molecule has 1 aliphatic heterocycles. The van der Waals surface area contributed by atoms with Crippen LogP contribution in [0, 0.1) is 0 Å². The second-order valence-corrected chi connectivity index (χ2v) is 8.82. The number of nitrogen functional groups attached to an aromatic ring is 1. The van der Waals surface area contributed by atoms with Crippen LogP contribution in [0.15, 0.2) is 12.7 Å². The predicted octanol–water partition coefficient (Wildman–Crippen LogP) is 0.839. The molecule has 4 atom stereocenters. The minimum Gasteiger partial charge on any atom is -0.387 e. The molecule has 3 rings (SSSR count). The first-order valence-electron chi connectivity index (χ1n) is 10.3. The quantitative estimate of drug-likeness (QED) is 0.399. The molecule has 182 valence electrons. The summed E-state index contributed by atoms with van der Waals surface area (Å²) < 4.78 is 34.6. The lowest BCUT2D eigenvalue weighted by Crippen LogP contribution is -2.33. The molecular formula is C18H26N5O9P. The van der Waals surface area contributed by atoms with Crippen LogP contribution in [0.4, 0.5) is 5.82 Å². The standard InChI is InChI=1S/C18H26N5O9P/c1-3-5-11(24)31-33(28,32-12(25)6-4-2)29-7-10-14(26)15(27)18(30-10)23-9-22-13-16(19)20-8-21-17(13)23/h8-10,14-15,18,26-27H,3-7H2,1-2H3,(H2,19,20,21)/t10-,14-,15-,18-/m1/s1. The number of hydrogen-bond donors (Lipinski definition) is 3. The Morgan fingerprint density at radius 2 is 1.76 bits per heavy atom. The zero-order chi connectivity index (χ0) is 24.2. The fourth-order valence-corrected chi connectivity index (χ4v) is 4.29. The summed E-state index contributed by atoms with van der Waals surface area (Å²) >= 11 is 0. The van der Waals surface area contributed by atoms with Gasteiger partial charge in [0.1, 0.15) is 30.2 Å². The molecule has 1 fully saturated rings. The molecular weight excluding hydrogens is 461 g/mol. The number of fused-ring (bicyclic) bond motifs is 1. The highest BCUT2D eigenvalue weighted by atomic mass is 31.2. The zero-order valence-electron chi connectivity index (χ0n) is 18.1. The first-order valence-corrected chi connectivity index (χ1v) is 11.8. The van der Waals surface area contributed by atoms with Crippen LogP contribution in [0.3, 0.4) is 0 Å². The molecule has 1 saturated heterocycles. The SMILES string of the molecule is CCCC(=O)OP(=O)(OC[C@H]1O[C@@H](n2cnc3c(N)ncnc32)[C@H](O)[C@@H]1O)OC(=O)CCC. The molecule has 14 nitrogen and oxygen atoms in total. The Kier molecular flexibility index (Phi) is 7.97. The fraction of sp³-hybridized carbons (Fsp3) is 0.611. The molecule has 0 spiro atoms. The van der Waals surface area contributed by atoms with Gasteiger partial charge >= 0.3 is 19.8 Å². The van der Waals surface area contributed by atoms with Crippen LogP contribution in [0.2, 0.25) is 0 Å². The van der Waals surface area contributed by atoms with Gasteiger partial charge in [-0.15, -0.1) is 0 Å². The van der Waals surface area contributed by atoms with E-state index in [1.807, 2.05) is 0 Å². The maximum absolute atomic E-state index is 12.9. The number of nitrogens with two attached hydrogens (primary N) is 1. The first kappa shape index (κ1) is 25.0. The van der Waals surface area contributed by atoms with E-state index in [0.717, 1.165) is 0 Å². The second-order valence-electron chi connectivity index (χ2n) is 7.30. The number of imidazole rings is 1. The number of nitrogens with zero attached hydrogens (tertiary/aromatic N) is 4. The van der Waals surface area contributed by atoms with Crippen molar-refractivity contribution in [3.63, 3.8) is 0 Å². The number of aliphatic hydroxyl groups excluding tert-OH is 2. The highest BCUT2D eigenvalue weighted by Gasteiger charge is 2.46. The van der Waals surface area contributed by atoms with Crippen molar-refractivity contribution in [3.05, 3.63) is 12.7 Å². The number of ether oxygens (including phenoxy) is 1. The van der Waals surface area contributed by atoms with Crippen molar-refractivity contribution in [2.24, 2.45) is 0 Å². The Morgan fingerprint density at radius 3 is 2.36 bits per heavy atom. The van der Waals surface area contributed by atoms with E-state index >= 15 is 0 Å². The molecule has 0 aliphatic carbocycles. The van der Waals surface area contributed by atoms with Crippen LogP contribution in [-0.4, -0.2) is 66.6 Å². The minimum absolute atomic E-state index is 0.0687. The molecule has 2 aromatic heterocycles. The van der Waals surface area contributed by atoms with Gasteiger partial charge in [0, 0.05) is 12.8 Å². The number of aromatic nitrogens is 4. The normalized spacial score (nSPS) is 23.0. The molecule has 0 bridgehead atoms. The summed E-state index contributed by atoms with van der Waals surface area (Å²) in [6, 6.07) is 0. The summed E-state index contributed by atoms with van der Waals surface area (Å²) in [6.45, 7) is 2.80. The Morgan fingerprint density at radius 1 is 1.12 bits per heavy atom. The Labute approximate surface area is 188 Å². The van der Waals surface area contributed by atoms with E-state index in [0.29, 0.717) is 12.8 Å². The lowest BCUT2D eigenvalue weighted by molar-refractivity contribution is -0.141. The molecule has 2 aromatic rings. The topological polar surface area (TPSA) is 198 Å². The number of anilines is 1. The predicted molar refractivity (Wildman–Crippen MR) is 111 cm³/mol.